The molecule has 2 aliphatic rings. The number of ether oxygens (including phenoxy) is 2. The van der Waals surface area contributed by atoms with Gasteiger partial charge in [-0.2, -0.15) is 0 Å². The summed E-state index contributed by atoms with van der Waals surface area (Å²) in [4.78, 5) is 28.4. The van der Waals surface area contributed by atoms with Crippen molar-refractivity contribution in [1.82, 2.24) is 9.80 Å². The van der Waals surface area contributed by atoms with Gasteiger partial charge in [0.05, 0.1) is 12.7 Å². The highest BCUT2D eigenvalue weighted by molar-refractivity contribution is 6.01. The Balaban J connectivity index is 1.52. The second-order valence-electron chi connectivity index (χ2n) is 7.30. The number of anilines is 1. The number of carbonyl (C=O) groups is 2. The molecule has 7 nitrogen and oxygen atoms in total. The lowest BCUT2D eigenvalue weighted by molar-refractivity contribution is -0.132. The van der Waals surface area contributed by atoms with Crippen LogP contribution in [0.1, 0.15) is 34.9 Å². The van der Waals surface area contributed by atoms with E-state index in [0.29, 0.717) is 17.1 Å². The first-order valence-corrected chi connectivity index (χ1v) is 9.79. The van der Waals surface area contributed by atoms with E-state index < -0.39 is 0 Å². The summed E-state index contributed by atoms with van der Waals surface area (Å²) in [6.07, 6.45) is 1.77. The van der Waals surface area contributed by atoms with Crippen molar-refractivity contribution in [2.45, 2.75) is 19.0 Å². The minimum Gasteiger partial charge on any atom is -0.493 e. The number of benzene rings is 2. The molecule has 29 heavy (non-hydrogen) atoms. The monoisotopic (exact) mass is 395 g/mol. The number of nitrogens with zero attached hydrogens (tertiary/aromatic N) is 2. The number of fused-ring (bicyclic) bond motifs is 1. The number of rotatable bonds is 5. The summed E-state index contributed by atoms with van der Waals surface area (Å²) in [7, 11) is 3.33. The molecule has 1 saturated heterocycles. The second-order valence-corrected chi connectivity index (χ2v) is 7.30. The van der Waals surface area contributed by atoms with E-state index in [-0.39, 0.29) is 24.6 Å². The van der Waals surface area contributed by atoms with Crippen molar-refractivity contribution in [3.8, 4) is 11.5 Å². The van der Waals surface area contributed by atoms with E-state index in [2.05, 4.69) is 5.32 Å². The molecule has 1 unspecified atom stereocenters. The predicted molar refractivity (Wildman–Crippen MR) is 109 cm³/mol. The maximum Gasteiger partial charge on any atom is 0.260 e. The second kappa shape index (κ2) is 8.03. The highest BCUT2D eigenvalue weighted by Crippen LogP contribution is 2.36. The first kappa shape index (κ1) is 19.1. The van der Waals surface area contributed by atoms with E-state index in [0.717, 1.165) is 37.2 Å². The lowest BCUT2D eigenvalue weighted by Gasteiger charge is -2.35. The molecule has 0 aromatic heterocycles. The van der Waals surface area contributed by atoms with Gasteiger partial charge in [0.2, 0.25) is 0 Å². The molecule has 2 aromatic rings. The minimum atomic E-state index is -0.327. The van der Waals surface area contributed by atoms with Crippen LogP contribution in [0.2, 0.25) is 0 Å². The van der Waals surface area contributed by atoms with E-state index >= 15 is 0 Å². The van der Waals surface area contributed by atoms with E-state index in [1.54, 1.807) is 25.1 Å². The molecule has 1 atom stereocenters. The average molecular weight is 395 g/mol. The lowest BCUT2D eigenvalue weighted by atomic mass is 10.0. The Kier molecular flexibility index (Phi) is 5.29. The quantitative estimate of drug-likeness (QED) is 0.843. The van der Waals surface area contributed by atoms with Crippen LogP contribution in [-0.4, -0.2) is 55.5 Å². The summed E-state index contributed by atoms with van der Waals surface area (Å²) < 4.78 is 11.2. The molecule has 1 N–H and O–H groups in total. The number of hydrogen-bond donors (Lipinski definition) is 1. The van der Waals surface area contributed by atoms with Crippen LogP contribution in [0.5, 0.6) is 11.5 Å². The third kappa shape index (κ3) is 3.72. The van der Waals surface area contributed by atoms with Crippen molar-refractivity contribution in [3.05, 3.63) is 53.6 Å². The summed E-state index contributed by atoms with van der Waals surface area (Å²) in [6, 6.07) is 13.0. The van der Waals surface area contributed by atoms with Crippen molar-refractivity contribution < 1.29 is 19.1 Å². The fourth-order valence-electron chi connectivity index (χ4n) is 3.82. The summed E-state index contributed by atoms with van der Waals surface area (Å²) in [5.41, 5.74) is 2.32. The van der Waals surface area contributed by atoms with Gasteiger partial charge in [0, 0.05) is 25.8 Å². The number of nitrogens with one attached hydrogen (secondary N) is 1. The smallest absolute Gasteiger partial charge is 0.260 e. The molecule has 152 valence electrons. The predicted octanol–water partition coefficient (Wildman–Crippen LogP) is 2.89. The van der Waals surface area contributed by atoms with Crippen molar-refractivity contribution in [2.75, 3.05) is 39.2 Å². The summed E-state index contributed by atoms with van der Waals surface area (Å²) in [5, 5.41) is 3.40. The molecule has 0 saturated carbocycles. The van der Waals surface area contributed by atoms with Gasteiger partial charge in [-0.25, -0.2) is 0 Å². The molecule has 2 amide bonds. The van der Waals surface area contributed by atoms with E-state index in [4.69, 9.17) is 9.47 Å². The van der Waals surface area contributed by atoms with Crippen LogP contribution in [0.4, 0.5) is 5.69 Å². The molecule has 0 aliphatic carbocycles. The summed E-state index contributed by atoms with van der Waals surface area (Å²) in [6.45, 7) is 1.59. The van der Waals surface area contributed by atoms with Crippen LogP contribution >= 0.6 is 0 Å². The Morgan fingerprint density at radius 1 is 1.14 bits per heavy atom. The zero-order valence-electron chi connectivity index (χ0n) is 16.7. The Bertz CT molecular complexity index is 924. The Labute approximate surface area is 170 Å². The molecule has 2 aromatic carbocycles. The first-order valence-electron chi connectivity index (χ1n) is 9.79. The highest BCUT2D eigenvalue weighted by atomic mass is 16.5. The number of amides is 2. The molecule has 0 spiro atoms. The normalized spacial score (nSPS) is 18.3. The van der Waals surface area contributed by atoms with Crippen molar-refractivity contribution in [1.29, 1.82) is 0 Å². The van der Waals surface area contributed by atoms with Gasteiger partial charge < -0.3 is 24.6 Å². The summed E-state index contributed by atoms with van der Waals surface area (Å²) in [5.74, 6) is 0.983. The third-order valence-corrected chi connectivity index (χ3v) is 5.47. The van der Waals surface area contributed by atoms with Gasteiger partial charge in [-0.1, -0.05) is 18.2 Å². The van der Waals surface area contributed by atoms with Gasteiger partial charge in [-0.15, -0.1) is 0 Å². The fraction of sp³-hybridized carbons (Fsp3) is 0.364. The Morgan fingerprint density at radius 3 is 2.66 bits per heavy atom. The van der Waals surface area contributed by atoms with Crippen LogP contribution in [0, 0.1) is 0 Å². The van der Waals surface area contributed by atoms with Crippen molar-refractivity contribution >= 4 is 17.5 Å². The van der Waals surface area contributed by atoms with Crippen LogP contribution in [-0.2, 0) is 4.79 Å². The zero-order chi connectivity index (χ0) is 20.4. The number of carbonyl (C=O) groups excluding carboxylic acids is 2. The van der Waals surface area contributed by atoms with E-state index in [1.165, 1.54) is 0 Å². The standard InChI is InChI=1S/C22H25N3O4/c1-24-21(23-17-8-4-3-7-16(17)22(24)27)15-9-10-18(19(13-15)28-2)29-14-20(26)25-11-5-6-12-25/h3-4,7-10,13,21,23H,5-6,11-12,14H2,1-2H3. The van der Waals surface area contributed by atoms with Crippen LogP contribution < -0.4 is 14.8 Å². The van der Waals surface area contributed by atoms with Crippen LogP contribution in [0.15, 0.2) is 42.5 Å². The fourth-order valence-corrected chi connectivity index (χ4v) is 3.82. The molecule has 0 radical (unpaired) electrons. The van der Waals surface area contributed by atoms with Crippen LogP contribution in [0.25, 0.3) is 0 Å². The maximum absolute atomic E-state index is 12.7. The lowest BCUT2D eigenvalue weighted by Crippen LogP contribution is -2.40. The van der Waals surface area contributed by atoms with Gasteiger partial charge in [0.25, 0.3) is 11.8 Å². The molecule has 7 heteroatoms. The number of hydrogen-bond acceptors (Lipinski definition) is 5. The van der Waals surface area contributed by atoms with Gasteiger partial charge in [0.1, 0.15) is 6.17 Å². The topological polar surface area (TPSA) is 71.1 Å². The number of methoxy groups -OCH3 is 1. The van der Waals surface area contributed by atoms with Crippen molar-refractivity contribution in [3.63, 3.8) is 0 Å². The van der Waals surface area contributed by atoms with Gasteiger partial charge in [0.15, 0.2) is 18.1 Å². The number of para-hydroxylation sites is 1. The molecule has 2 aliphatic heterocycles. The molecule has 0 bridgehead atoms. The first-order chi connectivity index (χ1) is 14.1. The Morgan fingerprint density at radius 2 is 1.90 bits per heavy atom. The van der Waals surface area contributed by atoms with E-state index in [1.807, 2.05) is 41.3 Å². The third-order valence-electron chi connectivity index (χ3n) is 5.47. The van der Waals surface area contributed by atoms with E-state index in [9.17, 15) is 9.59 Å². The minimum absolute atomic E-state index is 0.00971. The summed E-state index contributed by atoms with van der Waals surface area (Å²) >= 11 is 0. The van der Waals surface area contributed by atoms with Crippen LogP contribution in [0.3, 0.4) is 0 Å². The Hall–Kier alpha value is -3.22. The average Bonchev–Trinajstić information content (AvgIpc) is 3.29. The van der Waals surface area contributed by atoms with Crippen molar-refractivity contribution in [2.24, 2.45) is 0 Å². The van der Waals surface area contributed by atoms with Gasteiger partial charge >= 0.3 is 0 Å². The largest absolute Gasteiger partial charge is 0.493 e. The molecular formula is C22H25N3O4. The maximum atomic E-state index is 12.7. The number of likely N-dealkylation sites (tertiary alicyclic amines) is 1. The molecular weight excluding hydrogens is 370 g/mol. The zero-order valence-corrected chi connectivity index (χ0v) is 16.7. The molecule has 2 heterocycles. The van der Waals surface area contributed by atoms with Gasteiger partial charge in [-0.3, -0.25) is 9.59 Å². The van der Waals surface area contributed by atoms with Gasteiger partial charge in [-0.05, 0) is 42.7 Å². The SMILES string of the molecule is COc1cc(C2Nc3ccccc3C(=O)N2C)ccc1OCC(=O)N1CCCC1. The highest BCUT2D eigenvalue weighted by Gasteiger charge is 2.30. The molecule has 1 fully saturated rings. The molecule has 4 rings (SSSR count).